The molecule has 0 aliphatic carbocycles. The van der Waals surface area contributed by atoms with Crippen LogP contribution in [0, 0.1) is 6.92 Å². The van der Waals surface area contributed by atoms with Crippen molar-refractivity contribution in [3.05, 3.63) is 54.1 Å². The number of pyridine rings is 2. The van der Waals surface area contributed by atoms with E-state index in [1.54, 1.807) is 30.6 Å². The Morgan fingerprint density at radius 3 is 2.62 bits per heavy atom. The lowest BCUT2D eigenvalue weighted by Crippen LogP contribution is -2.13. The Kier molecular flexibility index (Phi) is 2.91. The van der Waals surface area contributed by atoms with E-state index in [9.17, 15) is 4.79 Å². The van der Waals surface area contributed by atoms with Crippen molar-refractivity contribution in [3.63, 3.8) is 0 Å². The molecule has 0 spiro atoms. The minimum atomic E-state index is -0.213. The molecule has 2 aromatic rings. The second kappa shape index (κ2) is 4.53. The monoisotopic (exact) mass is 213 g/mol. The van der Waals surface area contributed by atoms with Crippen molar-refractivity contribution in [2.24, 2.45) is 0 Å². The first-order chi connectivity index (χ1) is 7.75. The lowest BCUT2D eigenvalue weighted by Gasteiger charge is -2.04. The van der Waals surface area contributed by atoms with Gasteiger partial charge in [0, 0.05) is 23.8 Å². The van der Waals surface area contributed by atoms with Gasteiger partial charge in [-0.3, -0.25) is 9.78 Å². The van der Waals surface area contributed by atoms with Crippen molar-refractivity contribution in [3.8, 4) is 0 Å². The Morgan fingerprint density at radius 2 is 1.94 bits per heavy atom. The molecule has 0 atom stereocenters. The molecule has 0 radical (unpaired) electrons. The molecule has 0 aromatic carbocycles. The summed E-state index contributed by atoms with van der Waals surface area (Å²) in [5, 5.41) is 2.74. The second-order valence-electron chi connectivity index (χ2n) is 3.35. The average Bonchev–Trinajstić information content (AvgIpc) is 2.30. The second-order valence-corrected chi connectivity index (χ2v) is 3.35. The van der Waals surface area contributed by atoms with Gasteiger partial charge in [0.1, 0.15) is 5.69 Å². The predicted octanol–water partition coefficient (Wildman–Crippen LogP) is 2.04. The number of hydrogen-bond acceptors (Lipinski definition) is 3. The van der Waals surface area contributed by atoms with E-state index in [1.807, 2.05) is 19.1 Å². The van der Waals surface area contributed by atoms with Gasteiger partial charge in [0.25, 0.3) is 5.91 Å². The Balaban J connectivity index is 2.15. The zero-order valence-electron chi connectivity index (χ0n) is 8.84. The van der Waals surface area contributed by atoms with Gasteiger partial charge in [0.2, 0.25) is 0 Å². The summed E-state index contributed by atoms with van der Waals surface area (Å²) in [6.07, 6.45) is 3.25. The molecule has 4 heteroatoms. The summed E-state index contributed by atoms with van der Waals surface area (Å²) in [4.78, 5) is 19.8. The van der Waals surface area contributed by atoms with Crippen LogP contribution in [0.25, 0.3) is 0 Å². The molecule has 2 rings (SSSR count). The molecule has 16 heavy (non-hydrogen) atoms. The van der Waals surface area contributed by atoms with E-state index in [4.69, 9.17) is 0 Å². The van der Waals surface area contributed by atoms with Crippen LogP contribution in [0.2, 0.25) is 0 Å². The lowest BCUT2D eigenvalue weighted by atomic mass is 10.3. The zero-order chi connectivity index (χ0) is 11.4. The van der Waals surface area contributed by atoms with E-state index < -0.39 is 0 Å². The number of anilines is 1. The Morgan fingerprint density at radius 1 is 1.19 bits per heavy atom. The standard InChI is InChI=1S/C12H11N3O/c1-9-3-2-4-11(14-9)12(16)15-10-5-7-13-8-6-10/h2-8H,1H3,(H,13,15,16). The third-order valence-corrected chi connectivity index (χ3v) is 2.06. The van der Waals surface area contributed by atoms with Crippen molar-refractivity contribution >= 4 is 11.6 Å². The van der Waals surface area contributed by atoms with Gasteiger partial charge in [-0.2, -0.15) is 0 Å². The highest BCUT2D eigenvalue weighted by Gasteiger charge is 2.06. The average molecular weight is 213 g/mol. The van der Waals surface area contributed by atoms with Crippen LogP contribution >= 0.6 is 0 Å². The SMILES string of the molecule is Cc1cccc(C(=O)Nc2ccncc2)n1. The summed E-state index contributed by atoms with van der Waals surface area (Å²) >= 11 is 0. The number of hydrogen-bond donors (Lipinski definition) is 1. The molecule has 1 amide bonds. The Labute approximate surface area is 93.4 Å². The van der Waals surface area contributed by atoms with Crippen molar-refractivity contribution in [1.29, 1.82) is 0 Å². The van der Waals surface area contributed by atoms with Crippen LogP contribution in [0.1, 0.15) is 16.2 Å². The Hall–Kier alpha value is -2.23. The summed E-state index contributed by atoms with van der Waals surface area (Å²) in [6, 6.07) is 8.80. The van der Waals surface area contributed by atoms with Crippen LogP contribution in [0.15, 0.2) is 42.7 Å². The van der Waals surface area contributed by atoms with E-state index in [0.29, 0.717) is 11.4 Å². The van der Waals surface area contributed by atoms with Gasteiger partial charge >= 0.3 is 0 Å². The molecular formula is C12H11N3O. The fourth-order valence-corrected chi connectivity index (χ4v) is 1.30. The van der Waals surface area contributed by atoms with E-state index in [1.165, 1.54) is 0 Å². The first-order valence-electron chi connectivity index (χ1n) is 4.91. The van der Waals surface area contributed by atoms with Gasteiger partial charge in [-0.15, -0.1) is 0 Å². The maximum absolute atomic E-state index is 11.8. The van der Waals surface area contributed by atoms with E-state index in [2.05, 4.69) is 15.3 Å². The minimum Gasteiger partial charge on any atom is -0.321 e. The lowest BCUT2D eigenvalue weighted by molar-refractivity contribution is 0.102. The molecule has 0 aliphatic rings. The van der Waals surface area contributed by atoms with E-state index >= 15 is 0 Å². The predicted molar refractivity (Wildman–Crippen MR) is 61.2 cm³/mol. The van der Waals surface area contributed by atoms with Crippen molar-refractivity contribution in [2.75, 3.05) is 5.32 Å². The van der Waals surface area contributed by atoms with Crippen LogP contribution in [-0.4, -0.2) is 15.9 Å². The van der Waals surface area contributed by atoms with Gasteiger partial charge in [-0.05, 0) is 31.2 Å². The number of aryl methyl sites for hydroxylation is 1. The summed E-state index contributed by atoms with van der Waals surface area (Å²) in [6.45, 7) is 1.85. The van der Waals surface area contributed by atoms with Gasteiger partial charge in [-0.1, -0.05) is 6.07 Å². The molecule has 0 fully saturated rings. The first-order valence-corrected chi connectivity index (χ1v) is 4.91. The number of nitrogens with zero attached hydrogens (tertiary/aromatic N) is 2. The zero-order valence-corrected chi connectivity index (χ0v) is 8.84. The molecule has 1 N–H and O–H groups in total. The van der Waals surface area contributed by atoms with E-state index in [-0.39, 0.29) is 5.91 Å². The molecule has 80 valence electrons. The molecule has 0 saturated heterocycles. The highest BCUT2D eigenvalue weighted by Crippen LogP contribution is 2.06. The molecule has 2 heterocycles. The van der Waals surface area contributed by atoms with Crippen molar-refractivity contribution in [2.45, 2.75) is 6.92 Å². The molecule has 0 saturated carbocycles. The molecule has 2 aromatic heterocycles. The summed E-state index contributed by atoms with van der Waals surface area (Å²) in [5.41, 5.74) is 1.95. The highest BCUT2D eigenvalue weighted by molar-refractivity contribution is 6.02. The van der Waals surface area contributed by atoms with Gasteiger partial charge in [0.15, 0.2) is 0 Å². The van der Waals surface area contributed by atoms with Gasteiger partial charge in [0.05, 0.1) is 0 Å². The number of rotatable bonds is 2. The fraction of sp³-hybridized carbons (Fsp3) is 0.0833. The third-order valence-electron chi connectivity index (χ3n) is 2.06. The molecule has 0 aliphatic heterocycles. The largest absolute Gasteiger partial charge is 0.321 e. The fourth-order valence-electron chi connectivity index (χ4n) is 1.30. The normalized spacial score (nSPS) is 9.81. The molecule has 0 bridgehead atoms. The third kappa shape index (κ3) is 2.42. The van der Waals surface area contributed by atoms with Crippen LogP contribution in [0.4, 0.5) is 5.69 Å². The van der Waals surface area contributed by atoms with Crippen LogP contribution < -0.4 is 5.32 Å². The summed E-state index contributed by atoms with van der Waals surface area (Å²) < 4.78 is 0. The molecular weight excluding hydrogens is 202 g/mol. The quantitative estimate of drug-likeness (QED) is 0.830. The van der Waals surface area contributed by atoms with Crippen molar-refractivity contribution in [1.82, 2.24) is 9.97 Å². The molecule has 4 nitrogen and oxygen atoms in total. The number of carbonyl (C=O) groups is 1. The Bertz CT molecular complexity index is 497. The highest BCUT2D eigenvalue weighted by atomic mass is 16.1. The maximum atomic E-state index is 11.8. The molecule has 0 unspecified atom stereocenters. The minimum absolute atomic E-state index is 0.213. The topological polar surface area (TPSA) is 54.9 Å². The van der Waals surface area contributed by atoms with Crippen LogP contribution in [0.3, 0.4) is 0 Å². The van der Waals surface area contributed by atoms with E-state index in [0.717, 1.165) is 5.69 Å². The van der Waals surface area contributed by atoms with Crippen LogP contribution in [0.5, 0.6) is 0 Å². The number of amides is 1. The number of aromatic nitrogens is 2. The summed E-state index contributed by atoms with van der Waals surface area (Å²) in [5.74, 6) is -0.213. The van der Waals surface area contributed by atoms with Crippen LogP contribution in [-0.2, 0) is 0 Å². The maximum Gasteiger partial charge on any atom is 0.274 e. The van der Waals surface area contributed by atoms with Gasteiger partial charge < -0.3 is 5.32 Å². The number of nitrogens with one attached hydrogen (secondary N) is 1. The van der Waals surface area contributed by atoms with Crippen molar-refractivity contribution < 1.29 is 4.79 Å². The first kappa shape index (κ1) is 10.3. The smallest absolute Gasteiger partial charge is 0.274 e. The van der Waals surface area contributed by atoms with Gasteiger partial charge in [-0.25, -0.2) is 4.98 Å². The number of carbonyl (C=O) groups excluding carboxylic acids is 1. The summed E-state index contributed by atoms with van der Waals surface area (Å²) in [7, 11) is 0.